The minimum Gasteiger partial charge on any atom is -0.354 e. The molecule has 0 saturated heterocycles. The van der Waals surface area contributed by atoms with E-state index in [9.17, 15) is 35.1 Å². The molecule has 1 aromatic heterocycles. The van der Waals surface area contributed by atoms with Gasteiger partial charge in [0.15, 0.2) is 0 Å². The fourth-order valence-corrected chi connectivity index (χ4v) is 1.88. The number of rotatable bonds is 6. The lowest BCUT2D eigenvalue weighted by Crippen LogP contribution is -2.34. The summed E-state index contributed by atoms with van der Waals surface area (Å²) in [6, 6.07) is -2.07. The number of nitrogens with zero attached hydrogens (tertiary/aromatic N) is 3. The molecule has 2 rings (SSSR count). The highest BCUT2D eigenvalue weighted by Crippen LogP contribution is 2.50. The van der Waals surface area contributed by atoms with Gasteiger partial charge in [-0.15, -0.1) is 0 Å². The van der Waals surface area contributed by atoms with Crippen LogP contribution in [0.4, 0.5) is 47.0 Å². The highest BCUT2D eigenvalue weighted by Gasteiger charge is 2.50. The lowest BCUT2D eigenvalue weighted by atomic mass is 10.1. The second-order valence-electron chi connectivity index (χ2n) is 6.21. The van der Waals surface area contributed by atoms with Crippen molar-refractivity contribution in [1.29, 1.82) is 0 Å². The molecule has 1 heterocycles. The summed E-state index contributed by atoms with van der Waals surface area (Å²) in [5.74, 6) is 3.06. The van der Waals surface area contributed by atoms with Crippen molar-refractivity contribution in [1.82, 2.24) is 15.0 Å². The van der Waals surface area contributed by atoms with Crippen molar-refractivity contribution in [2.45, 2.75) is 51.0 Å². The van der Waals surface area contributed by atoms with Gasteiger partial charge in [0.05, 0.1) is 11.8 Å². The van der Waals surface area contributed by atoms with Crippen molar-refractivity contribution in [2.24, 2.45) is 5.41 Å². The Morgan fingerprint density at radius 1 is 1.04 bits per heavy atom. The monoisotopic (exact) mass is 417 g/mol. The number of alkyl halides is 8. The summed E-state index contributed by atoms with van der Waals surface area (Å²) < 4.78 is 101. The SMILES string of the molecule is C[C@@H](Nc1nc(C#CC2(C(F)F)CC2)nc(NCCC(F)(F)F)n1)C(F)(F)F. The van der Waals surface area contributed by atoms with Crippen molar-refractivity contribution in [3.05, 3.63) is 5.82 Å². The zero-order chi connectivity index (χ0) is 21.2. The molecule has 2 N–H and O–H groups in total. The van der Waals surface area contributed by atoms with E-state index < -0.39 is 60.9 Å². The number of hydrogen-bond acceptors (Lipinski definition) is 5. The maximum atomic E-state index is 12.9. The van der Waals surface area contributed by atoms with E-state index in [1.807, 2.05) is 5.32 Å². The summed E-state index contributed by atoms with van der Waals surface area (Å²) in [5.41, 5.74) is -1.51. The quantitative estimate of drug-likeness (QED) is 0.541. The fraction of sp³-hybridized carbons (Fsp3) is 0.667. The maximum Gasteiger partial charge on any atom is 0.408 e. The van der Waals surface area contributed by atoms with Crippen molar-refractivity contribution in [3.8, 4) is 11.8 Å². The average Bonchev–Trinajstić information content (AvgIpc) is 3.32. The van der Waals surface area contributed by atoms with Gasteiger partial charge in [-0.3, -0.25) is 0 Å². The molecule has 28 heavy (non-hydrogen) atoms. The predicted octanol–water partition coefficient (Wildman–Crippen LogP) is 4.00. The van der Waals surface area contributed by atoms with Gasteiger partial charge >= 0.3 is 12.4 Å². The molecule has 0 aromatic carbocycles. The van der Waals surface area contributed by atoms with Gasteiger partial charge in [-0.25, -0.2) is 8.78 Å². The minimum atomic E-state index is -4.64. The van der Waals surface area contributed by atoms with Crippen molar-refractivity contribution in [3.63, 3.8) is 0 Å². The molecule has 13 heteroatoms. The first-order valence-electron chi connectivity index (χ1n) is 8.02. The Bertz CT molecular complexity index is 746. The summed E-state index contributed by atoms with van der Waals surface area (Å²) in [6.07, 6.45) is -12.8. The van der Waals surface area contributed by atoms with E-state index in [0.717, 1.165) is 6.92 Å². The predicted molar refractivity (Wildman–Crippen MR) is 82.7 cm³/mol. The molecule has 0 radical (unpaired) electrons. The maximum absolute atomic E-state index is 12.9. The zero-order valence-corrected chi connectivity index (χ0v) is 14.3. The minimum absolute atomic E-state index is 0.148. The third-order valence-electron chi connectivity index (χ3n) is 3.79. The summed E-state index contributed by atoms with van der Waals surface area (Å²) in [6.45, 7) is 0.136. The van der Waals surface area contributed by atoms with Crippen molar-refractivity contribution in [2.75, 3.05) is 17.2 Å². The molecule has 1 atom stereocenters. The Kier molecular flexibility index (Phi) is 6.20. The third kappa shape index (κ3) is 6.35. The lowest BCUT2D eigenvalue weighted by molar-refractivity contribution is -0.138. The van der Waals surface area contributed by atoms with Crippen LogP contribution in [-0.4, -0.2) is 46.3 Å². The van der Waals surface area contributed by atoms with Gasteiger partial charge in [0.2, 0.25) is 17.7 Å². The highest BCUT2D eigenvalue weighted by atomic mass is 19.4. The topological polar surface area (TPSA) is 62.7 Å². The Hall–Kier alpha value is -2.39. The molecular formula is C15H15F8N5. The van der Waals surface area contributed by atoms with Crippen LogP contribution in [0, 0.1) is 17.3 Å². The van der Waals surface area contributed by atoms with Crippen LogP contribution >= 0.6 is 0 Å². The Morgan fingerprint density at radius 3 is 2.14 bits per heavy atom. The number of halogens is 8. The van der Waals surface area contributed by atoms with E-state index in [-0.39, 0.29) is 12.8 Å². The second kappa shape index (κ2) is 7.92. The first kappa shape index (κ1) is 21.9. The van der Waals surface area contributed by atoms with Gasteiger partial charge in [0.25, 0.3) is 6.43 Å². The molecule has 0 unspecified atom stereocenters. The highest BCUT2D eigenvalue weighted by molar-refractivity contribution is 5.40. The standard InChI is InChI=1S/C15H15F8N5/c1-8(15(21,22)23)25-12-27-9(2-3-13(4-5-13)10(16)17)26-11(28-12)24-7-6-14(18,19)20/h8,10H,4-7H2,1H3,(H2,24,25,26,27,28)/t8-/m1/s1. The molecule has 0 amide bonds. The van der Waals surface area contributed by atoms with E-state index in [1.165, 1.54) is 0 Å². The molecule has 156 valence electrons. The van der Waals surface area contributed by atoms with Crippen LogP contribution in [0.1, 0.15) is 32.0 Å². The summed E-state index contributed by atoms with van der Waals surface area (Å²) in [4.78, 5) is 10.9. The molecule has 5 nitrogen and oxygen atoms in total. The van der Waals surface area contributed by atoms with Crippen LogP contribution in [-0.2, 0) is 0 Å². The third-order valence-corrected chi connectivity index (χ3v) is 3.79. The molecular weight excluding hydrogens is 402 g/mol. The first-order valence-corrected chi connectivity index (χ1v) is 8.02. The van der Waals surface area contributed by atoms with Crippen LogP contribution in [0.15, 0.2) is 0 Å². The molecule has 1 saturated carbocycles. The van der Waals surface area contributed by atoms with Crippen LogP contribution in [0.2, 0.25) is 0 Å². The van der Waals surface area contributed by atoms with Gasteiger partial charge in [0.1, 0.15) is 6.04 Å². The summed E-state index contributed by atoms with van der Waals surface area (Å²) >= 11 is 0. The number of aromatic nitrogens is 3. The van der Waals surface area contributed by atoms with E-state index in [4.69, 9.17) is 0 Å². The second-order valence-corrected chi connectivity index (χ2v) is 6.21. The Balaban J connectivity index is 2.24. The van der Waals surface area contributed by atoms with Gasteiger partial charge in [-0.05, 0) is 25.7 Å². The molecule has 1 aromatic rings. The molecule has 1 fully saturated rings. The summed E-state index contributed by atoms with van der Waals surface area (Å²) in [5, 5.41) is 4.15. The largest absolute Gasteiger partial charge is 0.408 e. The molecule has 1 aliphatic carbocycles. The van der Waals surface area contributed by atoms with Gasteiger partial charge in [-0.1, -0.05) is 5.92 Å². The first-order chi connectivity index (χ1) is 12.8. The lowest BCUT2D eigenvalue weighted by Gasteiger charge is -2.17. The zero-order valence-electron chi connectivity index (χ0n) is 14.3. The van der Waals surface area contributed by atoms with E-state index in [0.29, 0.717) is 0 Å². The van der Waals surface area contributed by atoms with E-state index in [2.05, 4.69) is 32.1 Å². The van der Waals surface area contributed by atoms with E-state index >= 15 is 0 Å². The average molecular weight is 417 g/mol. The number of hydrogen-bond donors (Lipinski definition) is 2. The molecule has 0 spiro atoms. The molecule has 1 aliphatic rings. The fourth-order valence-electron chi connectivity index (χ4n) is 1.88. The molecule has 0 aliphatic heterocycles. The Morgan fingerprint density at radius 2 is 1.64 bits per heavy atom. The van der Waals surface area contributed by atoms with Crippen molar-refractivity contribution >= 4 is 11.9 Å². The van der Waals surface area contributed by atoms with Crippen molar-refractivity contribution < 1.29 is 35.1 Å². The van der Waals surface area contributed by atoms with Crippen LogP contribution in [0.25, 0.3) is 0 Å². The number of anilines is 2. The van der Waals surface area contributed by atoms with E-state index in [1.54, 1.807) is 0 Å². The Labute approximate surface area is 154 Å². The normalized spacial score (nSPS) is 16.9. The smallest absolute Gasteiger partial charge is 0.354 e. The van der Waals surface area contributed by atoms with Gasteiger partial charge < -0.3 is 10.6 Å². The molecule has 0 bridgehead atoms. The van der Waals surface area contributed by atoms with Gasteiger partial charge in [0, 0.05) is 6.54 Å². The van der Waals surface area contributed by atoms with Crippen LogP contribution in [0.5, 0.6) is 0 Å². The van der Waals surface area contributed by atoms with Gasteiger partial charge in [-0.2, -0.15) is 41.3 Å². The van der Waals surface area contributed by atoms with Crippen LogP contribution < -0.4 is 10.6 Å². The van der Waals surface area contributed by atoms with Crippen LogP contribution in [0.3, 0.4) is 0 Å². The summed E-state index contributed by atoms with van der Waals surface area (Å²) in [7, 11) is 0. The number of nitrogens with one attached hydrogen (secondary N) is 2.